The molecule has 2 atom stereocenters. The number of furan rings is 1. The molecule has 17 heavy (non-hydrogen) atoms. The first-order valence-corrected chi connectivity index (χ1v) is 5.78. The van der Waals surface area contributed by atoms with Crippen molar-refractivity contribution in [3.05, 3.63) is 23.7 Å². The van der Waals surface area contributed by atoms with E-state index in [1.807, 2.05) is 0 Å². The Morgan fingerprint density at radius 2 is 2.47 bits per heavy atom. The van der Waals surface area contributed by atoms with E-state index in [-0.39, 0.29) is 17.8 Å². The molecule has 2 unspecified atom stereocenters. The van der Waals surface area contributed by atoms with Crippen molar-refractivity contribution in [2.45, 2.75) is 26.0 Å². The highest BCUT2D eigenvalue weighted by molar-refractivity contribution is 5.86. The maximum absolute atomic E-state index is 10.9. The molecule has 0 bridgehead atoms. The summed E-state index contributed by atoms with van der Waals surface area (Å²) in [6.45, 7) is 4.07. The number of carbonyl (C=O) groups is 1. The molecule has 5 heteroatoms. The Morgan fingerprint density at radius 1 is 1.71 bits per heavy atom. The fourth-order valence-corrected chi connectivity index (χ4v) is 2.29. The highest BCUT2D eigenvalue weighted by Gasteiger charge is 2.27. The van der Waals surface area contributed by atoms with Crippen LogP contribution in [0.15, 0.2) is 16.7 Å². The van der Waals surface area contributed by atoms with Crippen LogP contribution < -0.4 is 0 Å². The summed E-state index contributed by atoms with van der Waals surface area (Å²) in [6.07, 6.45) is 2.06. The molecule has 0 spiro atoms. The van der Waals surface area contributed by atoms with Crippen LogP contribution >= 0.6 is 0 Å². The van der Waals surface area contributed by atoms with Crippen LogP contribution in [0.5, 0.6) is 0 Å². The zero-order chi connectivity index (χ0) is 12.4. The van der Waals surface area contributed by atoms with Gasteiger partial charge in [-0.3, -0.25) is 4.90 Å². The molecule has 1 aliphatic rings. The Balaban J connectivity index is 1.98. The number of carboxylic acid groups (broad SMARTS) is 1. The summed E-state index contributed by atoms with van der Waals surface area (Å²) in [4.78, 5) is 13.0. The topological polar surface area (TPSA) is 73.9 Å². The minimum atomic E-state index is -1.03. The molecule has 1 aliphatic heterocycles. The van der Waals surface area contributed by atoms with Gasteiger partial charge in [0.25, 0.3) is 0 Å². The van der Waals surface area contributed by atoms with E-state index in [2.05, 4.69) is 4.90 Å². The van der Waals surface area contributed by atoms with Gasteiger partial charge in [0.05, 0.1) is 12.4 Å². The van der Waals surface area contributed by atoms with E-state index in [1.54, 1.807) is 13.0 Å². The normalized spacial score (nSPS) is 22.8. The molecule has 1 fully saturated rings. The predicted octanol–water partition coefficient (Wildman–Crippen LogP) is 1.18. The third-order valence-electron chi connectivity index (χ3n) is 3.33. The van der Waals surface area contributed by atoms with Crippen LogP contribution in [-0.2, 0) is 6.54 Å². The second-order valence-corrected chi connectivity index (χ2v) is 4.60. The van der Waals surface area contributed by atoms with Gasteiger partial charge in [0.15, 0.2) is 0 Å². The third kappa shape index (κ3) is 2.68. The summed E-state index contributed by atoms with van der Waals surface area (Å²) in [6, 6.07) is 1.69. The summed E-state index contributed by atoms with van der Waals surface area (Å²) < 4.78 is 4.94. The fraction of sp³-hybridized carbons (Fsp3) is 0.583. The standard InChI is InChI=1S/C12H17NO4/c1-8(14)9-2-4-13(6-9)7-10-3-5-17-11(10)12(15)16/h3,5,8-9,14H,2,4,6-7H2,1H3,(H,15,16). The second kappa shape index (κ2) is 4.89. The first-order chi connectivity index (χ1) is 8.08. The lowest BCUT2D eigenvalue weighted by Gasteiger charge is -2.16. The van der Waals surface area contributed by atoms with Crippen LogP contribution in [0.2, 0.25) is 0 Å². The van der Waals surface area contributed by atoms with Crippen LogP contribution in [0.25, 0.3) is 0 Å². The van der Waals surface area contributed by atoms with Gasteiger partial charge in [-0.25, -0.2) is 4.79 Å². The Labute approximate surface area is 99.6 Å². The van der Waals surface area contributed by atoms with Gasteiger partial charge in [-0.1, -0.05) is 0 Å². The highest BCUT2D eigenvalue weighted by Crippen LogP contribution is 2.22. The summed E-state index contributed by atoms with van der Waals surface area (Å²) >= 11 is 0. The van der Waals surface area contributed by atoms with Gasteiger partial charge < -0.3 is 14.6 Å². The fourth-order valence-electron chi connectivity index (χ4n) is 2.29. The van der Waals surface area contributed by atoms with E-state index < -0.39 is 5.97 Å². The van der Waals surface area contributed by atoms with E-state index in [9.17, 15) is 9.90 Å². The number of likely N-dealkylation sites (tertiary alicyclic amines) is 1. The number of nitrogens with zero attached hydrogens (tertiary/aromatic N) is 1. The zero-order valence-corrected chi connectivity index (χ0v) is 9.80. The summed E-state index contributed by atoms with van der Waals surface area (Å²) in [5.74, 6) is -0.725. The van der Waals surface area contributed by atoms with Crippen molar-refractivity contribution in [3.63, 3.8) is 0 Å². The van der Waals surface area contributed by atoms with Crippen molar-refractivity contribution < 1.29 is 19.4 Å². The Bertz CT molecular complexity index is 399. The average Bonchev–Trinajstić information content (AvgIpc) is 2.86. The summed E-state index contributed by atoms with van der Waals surface area (Å²) in [5.41, 5.74) is 0.698. The van der Waals surface area contributed by atoms with Gasteiger partial charge in [0.1, 0.15) is 0 Å². The van der Waals surface area contributed by atoms with E-state index in [4.69, 9.17) is 9.52 Å². The molecule has 0 saturated carbocycles. The molecular formula is C12H17NO4. The van der Waals surface area contributed by atoms with Crippen molar-refractivity contribution in [2.75, 3.05) is 13.1 Å². The monoisotopic (exact) mass is 239 g/mol. The maximum atomic E-state index is 10.9. The first kappa shape index (κ1) is 12.1. The predicted molar refractivity (Wildman–Crippen MR) is 60.7 cm³/mol. The molecule has 2 heterocycles. The lowest BCUT2D eigenvalue weighted by atomic mass is 10.0. The van der Waals surface area contributed by atoms with Crippen LogP contribution in [0.3, 0.4) is 0 Å². The van der Waals surface area contributed by atoms with Crippen molar-refractivity contribution >= 4 is 5.97 Å². The van der Waals surface area contributed by atoms with E-state index >= 15 is 0 Å². The minimum Gasteiger partial charge on any atom is -0.475 e. The van der Waals surface area contributed by atoms with Gasteiger partial charge in [-0.2, -0.15) is 0 Å². The molecule has 5 nitrogen and oxygen atoms in total. The summed E-state index contributed by atoms with van der Waals surface area (Å²) in [7, 11) is 0. The number of aliphatic hydroxyl groups excluding tert-OH is 1. The summed E-state index contributed by atoms with van der Waals surface area (Å²) in [5, 5.41) is 18.4. The molecule has 1 saturated heterocycles. The molecule has 2 N–H and O–H groups in total. The molecule has 2 rings (SSSR count). The SMILES string of the molecule is CC(O)C1CCN(Cc2ccoc2C(=O)O)C1. The van der Waals surface area contributed by atoms with Gasteiger partial charge in [-0.05, 0) is 31.9 Å². The quantitative estimate of drug-likeness (QED) is 0.825. The number of rotatable bonds is 4. The molecule has 0 aromatic carbocycles. The lowest BCUT2D eigenvalue weighted by Crippen LogP contribution is -2.24. The second-order valence-electron chi connectivity index (χ2n) is 4.60. The molecule has 1 aromatic heterocycles. The maximum Gasteiger partial charge on any atom is 0.372 e. The van der Waals surface area contributed by atoms with Crippen molar-refractivity contribution in [3.8, 4) is 0 Å². The minimum absolute atomic E-state index is 0.0190. The average molecular weight is 239 g/mol. The van der Waals surface area contributed by atoms with E-state index in [1.165, 1.54) is 6.26 Å². The molecule has 94 valence electrons. The van der Waals surface area contributed by atoms with Crippen molar-refractivity contribution in [1.29, 1.82) is 0 Å². The van der Waals surface area contributed by atoms with Crippen molar-refractivity contribution in [2.24, 2.45) is 5.92 Å². The Hall–Kier alpha value is -1.33. The Morgan fingerprint density at radius 3 is 3.06 bits per heavy atom. The van der Waals surface area contributed by atoms with Crippen LogP contribution in [0.4, 0.5) is 0 Å². The number of hydrogen-bond acceptors (Lipinski definition) is 4. The number of hydrogen-bond donors (Lipinski definition) is 2. The van der Waals surface area contributed by atoms with Crippen LogP contribution in [0, 0.1) is 5.92 Å². The largest absolute Gasteiger partial charge is 0.475 e. The van der Waals surface area contributed by atoms with Crippen LogP contribution in [0.1, 0.15) is 29.5 Å². The van der Waals surface area contributed by atoms with Gasteiger partial charge in [0.2, 0.25) is 5.76 Å². The lowest BCUT2D eigenvalue weighted by molar-refractivity contribution is 0.0659. The highest BCUT2D eigenvalue weighted by atomic mass is 16.4. The van der Waals surface area contributed by atoms with Crippen molar-refractivity contribution in [1.82, 2.24) is 4.90 Å². The molecular weight excluding hydrogens is 222 g/mol. The third-order valence-corrected chi connectivity index (χ3v) is 3.33. The first-order valence-electron chi connectivity index (χ1n) is 5.78. The van der Waals surface area contributed by atoms with E-state index in [0.717, 1.165) is 19.5 Å². The molecule has 0 amide bonds. The van der Waals surface area contributed by atoms with Gasteiger partial charge in [-0.15, -0.1) is 0 Å². The van der Waals surface area contributed by atoms with Crippen LogP contribution in [-0.4, -0.2) is 40.3 Å². The molecule has 1 aromatic rings. The Kier molecular flexibility index (Phi) is 3.49. The number of aromatic carboxylic acids is 1. The molecule has 0 radical (unpaired) electrons. The number of aliphatic hydroxyl groups is 1. The zero-order valence-electron chi connectivity index (χ0n) is 9.80. The number of carboxylic acids is 1. The van der Waals surface area contributed by atoms with E-state index in [0.29, 0.717) is 12.1 Å². The van der Waals surface area contributed by atoms with Gasteiger partial charge in [0, 0.05) is 18.7 Å². The van der Waals surface area contributed by atoms with Gasteiger partial charge >= 0.3 is 5.97 Å². The smallest absolute Gasteiger partial charge is 0.372 e. The molecule has 0 aliphatic carbocycles.